The van der Waals surface area contributed by atoms with Gasteiger partial charge in [-0.25, -0.2) is 4.98 Å². The van der Waals surface area contributed by atoms with Gasteiger partial charge < -0.3 is 4.90 Å². The summed E-state index contributed by atoms with van der Waals surface area (Å²) in [6, 6.07) is 5.67. The Kier molecular flexibility index (Phi) is 1.72. The summed E-state index contributed by atoms with van der Waals surface area (Å²) in [4.78, 5) is 6.19. The van der Waals surface area contributed by atoms with E-state index in [1.54, 1.807) is 6.07 Å². The molecule has 0 spiro atoms. The number of nitrogens with zero attached hydrogens (tertiary/aromatic N) is 2. The Hall–Kier alpha value is -1.12. The molecule has 1 aromatic heterocycles. The number of piperidine rings is 1. The van der Waals surface area contributed by atoms with Gasteiger partial charge in [-0.05, 0) is 37.3 Å². The van der Waals surface area contributed by atoms with Crippen LogP contribution in [0.3, 0.4) is 0 Å². The number of anilines is 1. The van der Waals surface area contributed by atoms with Gasteiger partial charge in [-0.15, -0.1) is 0 Å². The summed E-state index contributed by atoms with van der Waals surface area (Å²) in [5, 5.41) is 0. The van der Waals surface area contributed by atoms with Crippen molar-refractivity contribution in [2.24, 2.45) is 5.92 Å². The van der Waals surface area contributed by atoms with Crippen LogP contribution in [0, 0.1) is 11.9 Å². The quantitative estimate of drug-likeness (QED) is 0.634. The van der Waals surface area contributed by atoms with Crippen LogP contribution in [0.2, 0.25) is 0 Å². The van der Waals surface area contributed by atoms with Crippen molar-refractivity contribution in [3.63, 3.8) is 0 Å². The average molecular weight is 192 g/mol. The molecule has 74 valence electrons. The first-order valence-corrected chi connectivity index (χ1v) is 5.22. The molecule has 0 aromatic carbocycles. The first-order valence-electron chi connectivity index (χ1n) is 5.22. The van der Waals surface area contributed by atoms with Gasteiger partial charge >= 0.3 is 0 Å². The molecular weight excluding hydrogens is 179 g/mol. The van der Waals surface area contributed by atoms with Crippen LogP contribution in [-0.4, -0.2) is 17.6 Å². The fraction of sp³-hybridized carbons (Fsp3) is 0.545. The second-order valence-corrected chi connectivity index (χ2v) is 4.30. The number of fused-ring (bicyclic) bond motifs is 2. The second-order valence-electron chi connectivity index (χ2n) is 4.30. The molecule has 1 saturated heterocycles. The highest BCUT2D eigenvalue weighted by molar-refractivity contribution is 5.42. The standard InChI is InChI=1S/C11H13FN2/c12-10-2-1-3-11(13-10)14-7-8-4-5-9(14)6-8/h1-3,8-9H,4-7H2. The van der Waals surface area contributed by atoms with Gasteiger partial charge in [0.2, 0.25) is 5.95 Å². The van der Waals surface area contributed by atoms with E-state index >= 15 is 0 Å². The zero-order valence-corrected chi connectivity index (χ0v) is 7.99. The molecule has 2 fully saturated rings. The van der Waals surface area contributed by atoms with E-state index < -0.39 is 0 Å². The van der Waals surface area contributed by atoms with Crippen molar-refractivity contribution < 1.29 is 4.39 Å². The summed E-state index contributed by atoms with van der Waals surface area (Å²) >= 11 is 0. The van der Waals surface area contributed by atoms with Crippen molar-refractivity contribution in [3.05, 3.63) is 24.1 Å². The van der Waals surface area contributed by atoms with E-state index in [1.165, 1.54) is 25.3 Å². The minimum absolute atomic E-state index is 0.370. The maximum Gasteiger partial charge on any atom is 0.214 e. The summed E-state index contributed by atoms with van der Waals surface area (Å²) in [5.74, 6) is 1.27. The largest absolute Gasteiger partial charge is 0.353 e. The Balaban J connectivity index is 1.89. The second kappa shape index (κ2) is 2.94. The smallest absolute Gasteiger partial charge is 0.214 e. The van der Waals surface area contributed by atoms with Gasteiger partial charge in [0.1, 0.15) is 5.82 Å². The van der Waals surface area contributed by atoms with Gasteiger partial charge in [-0.1, -0.05) is 6.07 Å². The highest BCUT2D eigenvalue weighted by Gasteiger charge is 2.38. The molecule has 2 heterocycles. The van der Waals surface area contributed by atoms with Gasteiger partial charge in [0.15, 0.2) is 0 Å². The SMILES string of the molecule is Fc1cccc(N2CC3CCC2C3)n1. The third kappa shape index (κ3) is 1.19. The van der Waals surface area contributed by atoms with E-state index in [0.29, 0.717) is 6.04 Å². The number of hydrogen-bond donors (Lipinski definition) is 0. The third-order valence-electron chi connectivity index (χ3n) is 3.40. The predicted octanol–water partition coefficient (Wildman–Crippen LogP) is 2.21. The topological polar surface area (TPSA) is 16.1 Å². The molecule has 3 heteroatoms. The lowest BCUT2D eigenvalue weighted by atomic mass is 10.1. The van der Waals surface area contributed by atoms with E-state index in [2.05, 4.69) is 9.88 Å². The van der Waals surface area contributed by atoms with Crippen molar-refractivity contribution in [2.45, 2.75) is 25.3 Å². The van der Waals surface area contributed by atoms with Crippen LogP contribution in [0.1, 0.15) is 19.3 Å². The van der Waals surface area contributed by atoms with Crippen LogP contribution < -0.4 is 4.90 Å². The van der Waals surface area contributed by atoms with Crippen molar-refractivity contribution in [2.75, 3.05) is 11.4 Å². The summed E-state index contributed by atoms with van der Waals surface area (Å²) in [6.07, 6.45) is 3.87. The maximum atomic E-state index is 12.9. The van der Waals surface area contributed by atoms with Crippen LogP contribution in [0.5, 0.6) is 0 Å². The number of pyridine rings is 1. The van der Waals surface area contributed by atoms with Crippen LogP contribution in [0.4, 0.5) is 10.2 Å². The summed E-state index contributed by atoms with van der Waals surface area (Å²) in [5.41, 5.74) is 0. The zero-order valence-electron chi connectivity index (χ0n) is 7.99. The summed E-state index contributed by atoms with van der Waals surface area (Å²) in [6.45, 7) is 1.07. The molecule has 2 aliphatic rings. The molecule has 2 atom stereocenters. The normalized spacial score (nSPS) is 29.9. The molecule has 0 N–H and O–H groups in total. The van der Waals surface area contributed by atoms with Crippen molar-refractivity contribution in [1.29, 1.82) is 0 Å². The highest BCUT2D eigenvalue weighted by atomic mass is 19.1. The Morgan fingerprint density at radius 2 is 2.29 bits per heavy atom. The lowest BCUT2D eigenvalue weighted by Gasteiger charge is -2.27. The first kappa shape index (κ1) is 8.21. The average Bonchev–Trinajstić information content (AvgIpc) is 2.78. The number of hydrogen-bond acceptors (Lipinski definition) is 2. The third-order valence-corrected chi connectivity index (χ3v) is 3.40. The van der Waals surface area contributed by atoms with Gasteiger partial charge in [-0.2, -0.15) is 4.39 Å². The monoisotopic (exact) mass is 192 g/mol. The van der Waals surface area contributed by atoms with Crippen molar-refractivity contribution in [1.82, 2.24) is 4.98 Å². The van der Waals surface area contributed by atoms with E-state index in [-0.39, 0.29) is 5.95 Å². The first-order chi connectivity index (χ1) is 6.83. The summed E-state index contributed by atoms with van der Waals surface area (Å²) < 4.78 is 12.9. The van der Waals surface area contributed by atoms with Crippen molar-refractivity contribution >= 4 is 5.82 Å². The van der Waals surface area contributed by atoms with E-state index in [4.69, 9.17) is 0 Å². The fourth-order valence-electron chi connectivity index (χ4n) is 2.76. The minimum atomic E-state index is -0.370. The van der Waals surface area contributed by atoms with Gasteiger partial charge in [0.05, 0.1) is 0 Å². The lowest BCUT2D eigenvalue weighted by molar-refractivity contribution is 0.539. The number of rotatable bonds is 1. The van der Waals surface area contributed by atoms with Crippen LogP contribution in [-0.2, 0) is 0 Å². The molecular formula is C11H13FN2. The zero-order chi connectivity index (χ0) is 9.54. The van der Waals surface area contributed by atoms with Crippen molar-refractivity contribution in [3.8, 4) is 0 Å². The molecule has 2 nitrogen and oxygen atoms in total. The predicted molar refractivity (Wildman–Crippen MR) is 52.7 cm³/mol. The molecule has 1 aliphatic heterocycles. The molecule has 2 bridgehead atoms. The Morgan fingerprint density at radius 1 is 1.36 bits per heavy atom. The molecule has 1 aromatic rings. The molecule has 3 rings (SSSR count). The number of halogens is 1. The van der Waals surface area contributed by atoms with E-state index in [1.807, 2.05) is 6.07 Å². The molecule has 14 heavy (non-hydrogen) atoms. The van der Waals surface area contributed by atoms with E-state index in [9.17, 15) is 4.39 Å². The van der Waals surface area contributed by atoms with Crippen LogP contribution in [0.25, 0.3) is 0 Å². The Bertz CT molecular complexity index is 353. The molecule has 1 aliphatic carbocycles. The maximum absolute atomic E-state index is 12.9. The van der Waals surface area contributed by atoms with Gasteiger partial charge in [-0.3, -0.25) is 0 Å². The molecule has 0 amide bonds. The molecule has 0 radical (unpaired) electrons. The fourth-order valence-corrected chi connectivity index (χ4v) is 2.76. The number of aromatic nitrogens is 1. The van der Waals surface area contributed by atoms with Gasteiger partial charge in [0, 0.05) is 12.6 Å². The minimum Gasteiger partial charge on any atom is -0.353 e. The lowest BCUT2D eigenvalue weighted by Crippen LogP contribution is -2.32. The summed E-state index contributed by atoms with van der Waals surface area (Å²) in [7, 11) is 0. The molecule has 2 unspecified atom stereocenters. The van der Waals surface area contributed by atoms with Crippen LogP contribution in [0.15, 0.2) is 18.2 Å². The Labute approximate surface area is 82.8 Å². The highest BCUT2D eigenvalue weighted by Crippen LogP contribution is 2.39. The van der Waals surface area contributed by atoms with E-state index in [0.717, 1.165) is 18.3 Å². The molecule has 1 saturated carbocycles. The Morgan fingerprint density at radius 3 is 2.93 bits per heavy atom. The van der Waals surface area contributed by atoms with Crippen LogP contribution >= 0.6 is 0 Å². The van der Waals surface area contributed by atoms with Gasteiger partial charge in [0.25, 0.3) is 0 Å².